The lowest BCUT2D eigenvalue weighted by molar-refractivity contribution is 0.716. The molecule has 18 heavy (non-hydrogen) atoms. The molecule has 0 saturated heterocycles. The highest BCUT2D eigenvalue weighted by molar-refractivity contribution is 6.30. The fourth-order valence-corrected chi connectivity index (χ4v) is 2.52. The van der Waals surface area contributed by atoms with Crippen LogP contribution in [0.1, 0.15) is 29.3 Å². The first-order valence-corrected chi connectivity index (χ1v) is 7.00. The van der Waals surface area contributed by atoms with Crippen LogP contribution in [-0.2, 0) is 6.42 Å². The number of benzene rings is 2. The Balaban J connectivity index is 1.82. The second kappa shape index (κ2) is 6.82. The van der Waals surface area contributed by atoms with E-state index in [2.05, 4.69) is 18.2 Å². The van der Waals surface area contributed by atoms with Crippen molar-refractivity contribution in [2.24, 2.45) is 0 Å². The molecule has 0 aromatic heterocycles. The minimum atomic E-state index is 0.102. The van der Waals surface area contributed by atoms with Gasteiger partial charge < -0.3 is 0 Å². The number of hydrogen-bond acceptors (Lipinski definition) is 0. The minimum Gasteiger partial charge on any atom is -0.118 e. The summed E-state index contributed by atoms with van der Waals surface area (Å²) >= 11 is 12.3. The molecule has 1 unspecified atom stereocenters. The summed E-state index contributed by atoms with van der Waals surface area (Å²) < 4.78 is 0. The summed E-state index contributed by atoms with van der Waals surface area (Å²) in [6, 6.07) is 18.3. The molecule has 0 aliphatic rings. The van der Waals surface area contributed by atoms with E-state index in [1.54, 1.807) is 0 Å². The van der Waals surface area contributed by atoms with E-state index >= 15 is 0 Å². The second-order valence-electron chi connectivity index (χ2n) is 4.40. The van der Waals surface area contributed by atoms with Crippen LogP contribution in [-0.4, -0.2) is 0 Å². The van der Waals surface area contributed by atoms with Crippen LogP contribution in [0.3, 0.4) is 0 Å². The third-order valence-electron chi connectivity index (χ3n) is 2.97. The van der Waals surface area contributed by atoms with Gasteiger partial charge in [-0.3, -0.25) is 0 Å². The number of rotatable bonds is 5. The highest BCUT2D eigenvalue weighted by Crippen LogP contribution is 2.26. The molecular formula is C16H16Cl2. The summed E-state index contributed by atoms with van der Waals surface area (Å²) in [6.07, 6.45) is 3.08. The molecule has 2 rings (SSSR count). The first kappa shape index (κ1) is 13.5. The van der Waals surface area contributed by atoms with Crippen LogP contribution in [0.2, 0.25) is 5.02 Å². The highest BCUT2D eigenvalue weighted by Gasteiger charge is 2.06. The van der Waals surface area contributed by atoms with Crippen LogP contribution >= 0.6 is 23.2 Å². The molecule has 0 aliphatic carbocycles. The highest BCUT2D eigenvalue weighted by atomic mass is 35.5. The van der Waals surface area contributed by atoms with Gasteiger partial charge in [0.25, 0.3) is 0 Å². The van der Waals surface area contributed by atoms with Gasteiger partial charge in [0.1, 0.15) is 0 Å². The standard InChI is InChI=1S/C16H16Cl2/c17-15-10-4-6-13(12-15)7-5-11-16(18)14-8-2-1-3-9-14/h1-4,6,8-10,12,16H,5,7,11H2. The number of alkyl halides is 1. The lowest BCUT2D eigenvalue weighted by Gasteiger charge is -2.09. The van der Waals surface area contributed by atoms with Gasteiger partial charge in [-0.25, -0.2) is 0 Å². The average Bonchev–Trinajstić information content (AvgIpc) is 2.40. The van der Waals surface area contributed by atoms with Crippen molar-refractivity contribution in [3.05, 3.63) is 70.7 Å². The van der Waals surface area contributed by atoms with E-state index < -0.39 is 0 Å². The van der Waals surface area contributed by atoms with E-state index in [1.807, 2.05) is 36.4 Å². The summed E-state index contributed by atoms with van der Waals surface area (Å²) in [7, 11) is 0. The van der Waals surface area contributed by atoms with Crippen LogP contribution in [0.4, 0.5) is 0 Å². The minimum absolute atomic E-state index is 0.102. The van der Waals surface area contributed by atoms with E-state index in [9.17, 15) is 0 Å². The third-order valence-corrected chi connectivity index (χ3v) is 3.68. The largest absolute Gasteiger partial charge is 0.118 e. The van der Waals surface area contributed by atoms with E-state index in [4.69, 9.17) is 23.2 Å². The third kappa shape index (κ3) is 4.04. The van der Waals surface area contributed by atoms with Crippen molar-refractivity contribution >= 4 is 23.2 Å². The van der Waals surface area contributed by atoms with Gasteiger partial charge in [0.05, 0.1) is 5.38 Å². The molecule has 0 fully saturated rings. The monoisotopic (exact) mass is 278 g/mol. The van der Waals surface area contributed by atoms with Gasteiger partial charge in [-0.15, -0.1) is 11.6 Å². The summed E-state index contributed by atoms with van der Waals surface area (Å²) in [5.74, 6) is 0. The maximum absolute atomic E-state index is 6.38. The van der Waals surface area contributed by atoms with Gasteiger partial charge in [-0.2, -0.15) is 0 Å². The molecule has 0 N–H and O–H groups in total. The maximum Gasteiger partial charge on any atom is 0.0585 e. The summed E-state index contributed by atoms with van der Waals surface area (Å²) in [5, 5.41) is 0.906. The molecule has 0 radical (unpaired) electrons. The normalized spacial score (nSPS) is 12.3. The van der Waals surface area contributed by atoms with Gasteiger partial charge >= 0.3 is 0 Å². The number of aryl methyl sites for hydroxylation is 1. The Morgan fingerprint density at radius 3 is 2.44 bits per heavy atom. The van der Waals surface area contributed by atoms with Crippen molar-refractivity contribution < 1.29 is 0 Å². The van der Waals surface area contributed by atoms with Crippen molar-refractivity contribution in [3.8, 4) is 0 Å². The van der Waals surface area contributed by atoms with Crippen molar-refractivity contribution in [2.75, 3.05) is 0 Å². The van der Waals surface area contributed by atoms with Crippen LogP contribution in [0.5, 0.6) is 0 Å². The lowest BCUT2D eigenvalue weighted by atomic mass is 10.0. The quantitative estimate of drug-likeness (QED) is 0.621. The van der Waals surface area contributed by atoms with Crippen molar-refractivity contribution in [1.82, 2.24) is 0 Å². The van der Waals surface area contributed by atoms with Crippen LogP contribution in [0.15, 0.2) is 54.6 Å². The van der Waals surface area contributed by atoms with Gasteiger partial charge in [0, 0.05) is 5.02 Å². The molecule has 94 valence electrons. The van der Waals surface area contributed by atoms with Crippen molar-refractivity contribution in [2.45, 2.75) is 24.6 Å². The Bertz CT molecular complexity index is 479. The second-order valence-corrected chi connectivity index (χ2v) is 5.36. The molecule has 0 amide bonds. The van der Waals surface area contributed by atoms with Crippen LogP contribution < -0.4 is 0 Å². The topological polar surface area (TPSA) is 0 Å². The first-order valence-electron chi connectivity index (χ1n) is 6.19. The number of halogens is 2. The smallest absolute Gasteiger partial charge is 0.0585 e. The Morgan fingerprint density at radius 2 is 1.72 bits per heavy atom. The first-order chi connectivity index (χ1) is 8.75. The SMILES string of the molecule is Clc1cccc(CCCC(Cl)c2ccccc2)c1. The molecule has 0 nitrogen and oxygen atoms in total. The van der Waals surface area contributed by atoms with Crippen LogP contribution in [0, 0.1) is 0 Å². The molecule has 2 aromatic carbocycles. The molecule has 0 aliphatic heterocycles. The van der Waals surface area contributed by atoms with E-state index in [0.717, 1.165) is 24.3 Å². The van der Waals surface area contributed by atoms with Crippen LogP contribution in [0.25, 0.3) is 0 Å². The Labute approximate surface area is 119 Å². The van der Waals surface area contributed by atoms with Gasteiger partial charge in [-0.1, -0.05) is 54.1 Å². The van der Waals surface area contributed by atoms with Gasteiger partial charge in [0.15, 0.2) is 0 Å². The van der Waals surface area contributed by atoms with Gasteiger partial charge in [-0.05, 0) is 42.5 Å². The lowest BCUT2D eigenvalue weighted by Crippen LogP contribution is -1.92. The molecule has 0 heterocycles. The Hall–Kier alpha value is -0.980. The zero-order valence-electron chi connectivity index (χ0n) is 10.2. The molecule has 2 aromatic rings. The zero-order chi connectivity index (χ0) is 12.8. The predicted octanol–water partition coefficient (Wildman–Crippen LogP) is 5.64. The van der Waals surface area contributed by atoms with E-state index in [0.29, 0.717) is 0 Å². The summed E-state index contributed by atoms with van der Waals surface area (Å²) in [4.78, 5) is 0. The predicted molar refractivity (Wildman–Crippen MR) is 79.4 cm³/mol. The van der Waals surface area contributed by atoms with Crippen molar-refractivity contribution in [3.63, 3.8) is 0 Å². The molecule has 1 atom stereocenters. The molecular weight excluding hydrogens is 263 g/mol. The molecule has 0 spiro atoms. The van der Waals surface area contributed by atoms with Gasteiger partial charge in [0.2, 0.25) is 0 Å². The Kier molecular flexibility index (Phi) is 5.10. The number of hydrogen-bond donors (Lipinski definition) is 0. The Morgan fingerprint density at radius 1 is 0.944 bits per heavy atom. The fraction of sp³-hybridized carbons (Fsp3) is 0.250. The van der Waals surface area contributed by atoms with E-state index in [1.165, 1.54) is 11.1 Å². The summed E-state index contributed by atoms with van der Waals surface area (Å²) in [6.45, 7) is 0. The zero-order valence-corrected chi connectivity index (χ0v) is 11.7. The molecule has 2 heteroatoms. The molecule has 0 bridgehead atoms. The molecule has 0 saturated carbocycles. The fourth-order valence-electron chi connectivity index (χ4n) is 2.01. The van der Waals surface area contributed by atoms with E-state index in [-0.39, 0.29) is 5.38 Å². The van der Waals surface area contributed by atoms with Crippen molar-refractivity contribution in [1.29, 1.82) is 0 Å². The average molecular weight is 279 g/mol. The summed E-state index contributed by atoms with van der Waals surface area (Å²) in [5.41, 5.74) is 2.48. The maximum atomic E-state index is 6.38.